The average Bonchev–Trinajstić information content (AvgIpc) is 3.50. The first-order chi connectivity index (χ1) is 17.6. The molecule has 0 radical (unpaired) electrons. The van der Waals surface area contributed by atoms with Gasteiger partial charge in [0.15, 0.2) is 0 Å². The van der Waals surface area contributed by atoms with Gasteiger partial charge < -0.3 is 14.6 Å². The van der Waals surface area contributed by atoms with Gasteiger partial charge in [-0.3, -0.25) is 4.90 Å². The maximum absolute atomic E-state index is 15.5. The highest BCUT2D eigenvalue weighted by molar-refractivity contribution is 5.98. The molecule has 0 bridgehead atoms. The van der Waals surface area contributed by atoms with Crippen LogP contribution in [0.4, 0.5) is 4.39 Å². The van der Waals surface area contributed by atoms with Gasteiger partial charge in [0.25, 0.3) is 0 Å². The molecule has 2 atom stereocenters. The summed E-state index contributed by atoms with van der Waals surface area (Å²) in [6.45, 7) is 7.04. The van der Waals surface area contributed by atoms with Gasteiger partial charge in [-0.1, -0.05) is 43.2 Å². The van der Waals surface area contributed by atoms with Crippen molar-refractivity contribution in [3.63, 3.8) is 0 Å². The highest BCUT2D eigenvalue weighted by Crippen LogP contribution is 2.46. The van der Waals surface area contributed by atoms with Gasteiger partial charge in [0, 0.05) is 55.1 Å². The number of aromatic nitrogens is 1. The second-order valence-corrected chi connectivity index (χ2v) is 10.8. The number of likely N-dealkylation sites (tertiary alicyclic amines) is 1. The van der Waals surface area contributed by atoms with E-state index in [-0.39, 0.29) is 11.5 Å². The number of benzene rings is 2. The number of halogens is 1. The third kappa shape index (κ3) is 4.35. The van der Waals surface area contributed by atoms with E-state index in [4.69, 9.17) is 0 Å². The van der Waals surface area contributed by atoms with Crippen LogP contribution in [0.3, 0.4) is 0 Å². The Hall–Kier alpha value is -2.70. The topological polar surface area (TPSA) is 48.7 Å². The molecule has 5 nitrogen and oxygen atoms in total. The van der Waals surface area contributed by atoms with Crippen molar-refractivity contribution in [2.45, 2.75) is 63.7 Å². The van der Waals surface area contributed by atoms with E-state index in [1.807, 2.05) is 6.07 Å². The molecule has 0 amide bonds. The van der Waals surface area contributed by atoms with E-state index in [1.165, 1.54) is 37.1 Å². The Balaban J connectivity index is 1.48. The van der Waals surface area contributed by atoms with Crippen molar-refractivity contribution in [3.05, 3.63) is 59.2 Å². The highest BCUT2D eigenvalue weighted by Gasteiger charge is 2.34. The molecule has 190 valence electrons. The SMILES string of the molecule is O=C(O)c1ccc2c([C@H]3CCCC[C@@H]3F)c3n(c2c1)CCN(CCN1CCCC1)Cc1ccccc1-3. The summed E-state index contributed by atoms with van der Waals surface area (Å²) in [6.07, 6.45) is 5.17. The Labute approximate surface area is 212 Å². The predicted molar refractivity (Wildman–Crippen MR) is 141 cm³/mol. The largest absolute Gasteiger partial charge is 0.478 e. The van der Waals surface area contributed by atoms with Crippen LogP contribution in [0.2, 0.25) is 0 Å². The minimum atomic E-state index is -0.923. The molecule has 3 heterocycles. The van der Waals surface area contributed by atoms with Gasteiger partial charge in [-0.25, -0.2) is 9.18 Å². The third-order valence-corrected chi connectivity index (χ3v) is 8.64. The standard InChI is InChI=1S/C30H36FN3O2/c31-26-10-4-3-9-24(26)28-25-12-11-21(30(35)36)19-27(25)34-18-17-33(16-15-32-13-5-6-14-32)20-22-7-1-2-8-23(22)29(28)34/h1-2,7-8,11-12,19,24,26H,3-6,9-10,13-18,20H2,(H,35,36)/t24-,26-/m0/s1. The molecule has 2 fully saturated rings. The third-order valence-electron chi connectivity index (χ3n) is 8.64. The van der Waals surface area contributed by atoms with E-state index in [0.717, 1.165) is 74.1 Å². The number of aromatic carboxylic acids is 1. The maximum Gasteiger partial charge on any atom is 0.335 e. The summed E-state index contributed by atoms with van der Waals surface area (Å²) < 4.78 is 17.8. The number of rotatable bonds is 5. The van der Waals surface area contributed by atoms with Crippen LogP contribution in [0.5, 0.6) is 0 Å². The van der Waals surface area contributed by atoms with Crippen molar-refractivity contribution in [2.75, 3.05) is 32.7 Å². The molecule has 0 spiro atoms. The maximum atomic E-state index is 15.5. The van der Waals surface area contributed by atoms with Crippen LogP contribution in [0, 0.1) is 0 Å². The minimum Gasteiger partial charge on any atom is -0.478 e. The van der Waals surface area contributed by atoms with Crippen LogP contribution in [0.15, 0.2) is 42.5 Å². The monoisotopic (exact) mass is 489 g/mol. The van der Waals surface area contributed by atoms with Gasteiger partial charge in [0.1, 0.15) is 6.17 Å². The van der Waals surface area contributed by atoms with Gasteiger partial charge >= 0.3 is 5.97 Å². The smallest absolute Gasteiger partial charge is 0.335 e. The summed E-state index contributed by atoms with van der Waals surface area (Å²) >= 11 is 0. The molecular weight excluding hydrogens is 453 g/mol. The second-order valence-electron chi connectivity index (χ2n) is 10.8. The molecule has 3 aromatic rings. The zero-order valence-electron chi connectivity index (χ0n) is 21.0. The minimum absolute atomic E-state index is 0.146. The molecule has 36 heavy (non-hydrogen) atoms. The normalized spacial score (nSPS) is 23.2. The summed E-state index contributed by atoms with van der Waals surface area (Å²) in [5.74, 6) is -1.07. The van der Waals surface area contributed by atoms with Crippen molar-refractivity contribution >= 4 is 16.9 Å². The molecule has 2 aliphatic heterocycles. The Morgan fingerprint density at radius 1 is 0.917 bits per heavy atom. The number of hydrogen-bond donors (Lipinski definition) is 1. The lowest BCUT2D eigenvalue weighted by molar-refractivity contribution is 0.0697. The predicted octanol–water partition coefficient (Wildman–Crippen LogP) is 5.91. The van der Waals surface area contributed by atoms with Crippen molar-refractivity contribution < 1.29 is 14.3 Å². The first kappa shape index (κ1) is 23.7. The Kier molecular flexibility index (Phi) is 6.57. The number of hydrogen-bond acceptors (Lipinski definition) is 3. The van der Waals surface area contributed by atoms with Crippen LogP contribution >= 0.6 is 0 Å². The summed E-state index contributed by atoms with van der Waals surface area (Å²) in [6, 6.07) is 14.0. The Morgan fingerprint density at radius 2 is 1.69 bits per heavy atom. The van der Waals surface area contributed by atoms with Crippen LogP contribution in [-0.2, 0) is 13.1 Å². The van der Waals surface area contributed by atoms with Crippen LogP contribution in [0.25, 0.3) is 22.2 Å². The van der Waals surface area contributed by atoms with Crippen LogP contribution in [0.1, 0.15) is 65.9 Å². The van der Waals surface area contributed by atoms with Crippen molar-refractivity contribution in [2.24, 2.45) is 0 Å². The van der Waals surface area contributed by atoms with E-state index < -0.39 is 12.1 Å². The Morgan fingerprint density at radius 3 is 2.50 bits per heavy atom. The number of carbonyl (C=O) groups is 1. The van der Waals surface area contributed by atoms with Gasteiger partial charge in [0.05, 0.1) is 11.3 Å². The van der Waals surface area contributed by atoms with Crippen LogP contribution < -0.4 is 0 Å². The quantitative estimate of drug-likeness (QED) is 0.484. The number of carboxylic acid groups (broad SMARTS) is 1. The Bertz CT molecular complexity index is 1260. The molecule has 1 N–H and O–H groups in total. The molecule has 1 saturated carbocycles. The lowest BCUT2D eigenvalue weighted by Crippen LogP contribution is -2.36. The highest BCUT2D eigenvalue weighted by atomic mass is 19.1. The van der Waals surface area contributed by atoms with Gasteiger partial charge in [-0.05, 0) is 62.0 Å². The van der Waals surface area contributed by atoms with Crippen molar-refractivity contribution in [3.8, 4) is 11.3 Å². The lowest BCUT2D eigenvalue weighted by Gasteiger charge is -2.31. The molecule has 0 unspecified atom stereocenters. The summed E-state index contributed by atoms with van der Waals surface area (Å²) in [5.41, 5.74) is 5.85. The van der Waals surface area contributed by atoms with E-state index in [9.17, 15) is 9.90 Å². The molecule has 6 rings (SSSR count). The molecule has 1 aromatic heterocycles. The number of nitrogens with zero attached hydrogens (tertiary/aromatic N) is 3. The molecular formula is C30H36FN3O2. The van der Waals surface area contributed by atoms with E-state index in [2.05, 4.69) is 38.6 Å². The van der Waals surface area contributed by atoms with Gasteiger partial charge in [-0.2, -0.15) is 0 Å². The average molecular weight is 490 g/mol. The van der Waals surface area contributed by atoms with Crippen LogP contribution in [-0.4, -0.2) is 64.3 Å². The molecule has 3 aliphatic rings. The first-order valence-electron chi connectivity index (χ1n) is 13.7. The fourth-order valence-corrected chi connectivity index (χ4v) is 6.75. The molecule has 1 saturated heterocycles. The van der Waals surface area contributed by atoms with Crippen molar-refractivity contribution in [1.29, 1.82) is 0 Å². The first-order valence-corrected chi connectivity index (χ1v) is 13.7. The van der Waals surface area contributed by atoms with E-state index in [1.54, 1.807) is 12.1 Å². The zero-order chi connectivity index (χ0) is 24.6. The molecule has 1 aliphatic carbocycles. The van der Waals surface area contributed by atoms with Crippen molar-refractivity contribution in [1.82, 2.24) is 14.4 Å². The summed E-state index contributed by atoms with van der Waals surface area (Å²) in [4.78, 5) is 17.0. The lowest BCUT2D eigenvalue weighted by atomic mass is 9.80. The van der Waals surface area contributed by atoms with Gasteiger partial charge in [-0.15, -0.1) is 0 Å². The van der Waals surface area contributed by atoms with E-state index in [0.29, 0.717) is 6.42 Å². The number of carboxylic acids is 1. The molecule has 6 heteroatoms. The number of fused-ring (bicyclic) bond motifs is 5. The second kappa shape index (κ2) is 9.98. The molecule has 2 aromatic carbocycles. The summed E-state index contributed by atoms with van der Waals surface area (Å²) in [7, 11) is 0. The van der Waals surface area contributed by atoms with Gasteiger partial charge in [0.2, 0.25) is 0 Å². The fraction of sp³-hybridized carbons (Fsp3) is 0.500. The zero-order valence-corrected chi connectivity index (χ0v) is 21.0. The number of alkyl halides is 1. The fourth-order valence-electron chi connectivity index (χ4n) is 6.75. The van der Waals surface area contributed by atoms with E-state index >= 15 is 4.39 Å². The summed E-state index contributed by atoms with van der Waals surface area (Å²) in [5, 5.41) is 10.8.